The van der Waals surface area contributed by atoms with E-state index >= 15 is 0 Å². The molecule has 0 aliphatic rings. The standard InChI is InChI=1S/C23H15Cl2F4NO3/c24-17-12-18(25)21(31)30(10-9-13-1-3-14(4-2-13)22(32)33)20(17)8-5-15-11-16(23(27,28)29)6-7-19(15)26/h1-8,11-12H,9-10H2,(H,32,33)/b8-5+. The van der Waals surface area contributed by atoms with Gasteiger partial charge in [-0.15, -0.1) is 0 Å². The Labute approximate surface area is 195 Å². The molecule has 0 fully saturated rings. The Morgan fingerprint density at radius 3 is 2.27 bits per heavy atom. The van der Waals surface area contributed by atoms with E-state index in [1.54, 1.807) is 12.1 Å². The summed E-state index contributed by atoms with van der Waals surface area (Å²) < 4.78 is 54.2. The second kappa shape index (κ2) is 9.80. The van der Waals surface area contributed by atoms with Crippen molar-refractivity contribution in [3.8, 4) is 0 Å². The van der Waals surface area contributed by atoms with E-state index < -0.39 is 29.1 Å². The number of hydrogen-bond donors (Lipinski definition) is 1. The smallest absolute Gasteiger partial charge is 0.416 e. The molecule has 172 valence electrons. The van der Waals surface area contributed by atoms with E-state index in [0.717, 1.165) is 11.6 Å². The van der Waals surface area contributed by atoms with Gasteiger partial charge in [-0.1, -0.05) is 35.3 Å². The molecule has 10 heteroatoms. The first-order chi connectivity index (χ1) is 15.5. The molecule has 0 atom stereocenters. The third-order valence-electron chi connectivity index (χ3n) is 4.81. The van der Waals surface area contributed by atoms with Crippen molar-refractivity contribution in [3.05, 3.63) is 103 Å². The monoisotopic (exact) mass is 499 g/mol. The number of carboxylic acids is 1. The number of rotatable bonds is 6. The zero-order valence-corrected chi connectivity index (χ0v) is 18.2. The number of pyridine rings is 1. The van der Waals surface area contributed by atoms with Gasteiger partial charge in [-0.05, 0) is 60.5 Å². The van der Waals surface area contributed by atoms with E-state index in [-0.39, 0.29) is 33.4 Å². The van der Waals surface area contributed by atoms with Crippen LogP contribution in [0.5, 0.6) is 0 Å². The third-order valence-corrected chi connectivity index (χ3v) is 5.38. The Kier molecular flexibility index (Phi) is 7.29. The molecular formula is C23H15Cl2F4NO3. The number of aromatic nitrogens is 1. The van der Waals surface area contributed by atoms with Gasteiger partial charge in [0.25, 0.3) is 5.56 Å². The molecule has 0 amide bonds. The summed E-state index contributed by atoms with van der Waals surface area (Å²) in [6, 6.07) is 9.22. The Bertz CT molecular complexity index is 1280. The van der Waals surface area contributed by atoms with Gasteiger partial charge in [0, 0.05) is 12.1 Å². The summed E-state index contributed by atoms with van der Waals surface area (Å²) in [5.41, 5.74) is -0.986. The Balaban J connectivity index is 1.95. The molecule has 4 nitrogen and oxygen atoms in total. The number of alkyl halides is 3. The predicted octanol–water partition coefficient (Wildman–Crippen LogP) is 6.42. The van der Waals surface area contributed by atoms with Crippen LogP contribution in [0.4, 0.5) is 17.6 Å². The van der Waals surface area contributed by atoms with Gasteiger partial charge in [0.05, 0.1) is 21.8 Å². The number of halogens is 6. The van der Waals surface area contributed by atoms with Crippen LogP contribution in [0, 0.1) is 5.82 Å². The normalized spacial score (nSPS) is 11.8. The number of nitrogens with zero attached hydrogens (tertiary/aromatic N) is 1. The average molecular weight is 500 g/mol. The minimum atomic E-state index is -4.65. The number of benzene rings is 2. The highest BCUT2D eigenvalue weighted by molar-refractivity contribution is 6.35. The molecule has 0 saturated carbocycles. The van der Waals surface area contributed by atoms with Crippen LogP contribution in [-0.2, 0) is 19.1 Å². The molecule has 0 aliphatic carbocycles. The van der Waals surface area contributed by atoms with Crippen molar-refractivity contribution in [2.24, 2.45) is 0 Å². The van der Waals surface area contributed by atoms with E-state index in [4.69, 9.17) is 28.3 Å². The second-order valence-corrected chi connectivity index (χ2v) is 7.82. The van der Waals surface area contributed by atoms with Crippen LogP contribution in [0.25, 0.3) is 12.2 Å². The van der Waals surface area contributed by atoms with Crippen LogP contribution in [0.3, 0.4) is 0 Å². The van der Waals surface area contributed by atoms with Gasteiger partial charge in [0.1, 0.15) is 10.8 Å². The quantitative estimate of drug-likeness (QED) is 0.398. The molecule has 1 aromatic heterocycles. The first-order valence-electron chi connectivity index (χ1n) is 9.43. The Morgan fingerprint density at radius 2 is 1.67 bits per heavy atom. The topological polar surface area (TPSA) is 59.3 Å². The van der Waals surface area contributed by atoms with Gasteiger partial charge in [-0.25, -0.2) is 9.18 Å². The Hall–Kier alpha value is -3.10. The van der Waals surface area contributed by atoms with Crippen LogP contribution >= 0.6 is 23.2 Å². The molecule has 0 bridgehead atoms. The van der Waals surface area contributed by atoms with Crippen molar-refractivity contribution < 1.29 is 27.5 Å². The highest BCUT2D eigenvalue weighted by Gasteiger charge is 2.30. The first-order valence-corrected chi connectivity index (χ1v) is 10.2. The van der Waals surface area contributed by atoms with Gasteiger partial charge in [0.15, 0.2) is 0 Å². The molecule has 0 aliphatic heterocycles. The molecule has 0 spiro atoms. The summed E-state index contributed by atoms with van der Waals surface area (Å²) in [6.07, 6.45) is -2.01. The van der Waals surface area contributed by atoms with Crippen molar-refractivity contribution in [2.75, 3.05) is 0 Å². The van der Waals surface area contributed by atoms with Gasteiger partial charge in [0.2, 0.25) is 0 Å². The maximum absolute atomic E-state index is 14.1. The summed E-state index contributed by atoms with van der Waals surface area (Å²) >= 11 is 12.2. The lowest BCUT2D eigenvalue weighted by molar-refractivity contribution is -0.137. The third kappa shape index (κ3) is 5.83. The van der Waals surface area contributed by atoms with Crippen molar-refractivity contribution in [2.45, 2.75) is 19.1 Å². The van der Waals surface area contributed by atoms with Crippen molar-refractivity contribution in [1.82, 2.24) is 4.57 Å². The van der Waals surface area contributed by atoms with Crippen molar-refractivity contribution in [1.29, 1.82) is 0 Å². The molecule has 2 aromatic carbocycles. The fourth-order valence-electron chi connectivity index (χ4n) is 3.08. The predicted molar refractivity (Wildman–Crippen MR) is 118 cm³/mol. The molecule has 3 rings (SSSR count). The summed E-state index contributed by atoms with van der Waals surface area (Å²) in [5, 5.41) is 8.86. The number of aryl methyl sites for hydroxylation is 1. The second-order valence-electron chi connectivity index (χ2n) is 7.00. The fourth-order valence-corrected chi connectivity index (χ4v) is 3.62. The van der Waals surface area contributed by atoms with E-state index in [2.05, 4.69) is 0 Å². The number of aromatic carboxylic acids is 1. The maximum Gasteiger partial charge on any atom is 0.416 e. The number of carboxylic acid groups (broad SMARTS) is 1. The maximum atomic E-state index is 14.1. The number of carbonyl (C=O) groups is 1. The van der Waals surface area contributed by atoms with Crippen LogP contribution in [-0.4, -0.2) is 15.6 Å². The lowest BCUT2D eigenvalue weighted by Gasteiger charge is -2.13. The molecule has 1 N–H and O–H groups in total. The fraction of sp³-hybridized carbons (Fsp3) is 0.130. The highest BCUT2D eigenvalue weighted by atomic mass is 35.5. The van der Waals surface area contributed by atoms with Gasteiger partial charge < -0.3 is 9.67 Å². The van der Waals surface area contributed by atoms with Crippen molar-refractivity contribution >= 4 is 41.3 Å². The lowest BCUT2D eigenvalue weighted by Crippen LogP contribution is -2.24. The summed E-state index contributed by atoms with van der Waals surface area (Å²) in [6.45, 7) is 0.0796. The molecular weight excluding hydrogens is 485 g/mol. The Morgan fingerprint density at radius 1 is 1.00 bits per heavy atom. The molecule has 0 saturated heterocycles. The largest absolute Gasteiger partial charge is 0.478 e. The van der Waals surface area contributed by atoms with Gasteiger partial charge >= 0.3 is 12.1 Å². The molecule has 0 radical (unpaired) electrons. The molecule has 1 heterocycles. The first kappa shape index (κ1) is 24.5. The highest BCUT2D eigenvalue weighted by Crippen LogP contribution is 2.31. The summed E-state index contributed by atoms with van der Waals surface area (Å²) in [5.74, 6) is -1.95. The van der Waals surface area contributed by atoms with Gasteiger partial charge in [-0.3, -0.25) is 4.79 Å². The average Bonchev–Trinajstić information content (AvgIpc) is 2.75. The minimum Gasteiger partial charge on any atom is -0.478 e. The zero-order chi connectivity index (χ0) is 24.3. The summed E-state index contributed by atoms with van der Waals surface area (Å²) in [7, 11) is 0. The van der Waals surface area contributed by atoms with Gasteiger partial charge in [-0.2, -0.15) is 13.2 Å². The van der Waals surface area contributed by atoms with Crippen LogP contribution < -0.4 is 5.56 Å². The molecule has 33 heavy (non-hydrogen) atoms. The SMILES string of the molecule is O=C(O)c1ccc(CCn2c(/C=C/c3cc(C(F)(F)F)ccc3F)c(Cl)cc(Cl)c2=O)cc1. The zero-order valence-electron chi connectivity index (χ0n) is 16.7. The molecule has 3 aromatic rings. The van der Waals surface area contributed by atoms with E-state index in [0.29, 0.717) is 24.6 Å². The van der Waals surface area contributed by atoms with Crippen LogP contribution in [0.15, 0.2) is 53.3 Å². The summed E-state index contributed by atoms with van der Waals surface area (Å²) in [4.78, 5) is 23.6. The van der Waals surface area contributed by atoms with E-state index in [1.165, 1.54) is 28.8 Å². The lowest BCUT2D eigenvalue weighted by atomic mass is 10.1. The van der Waals surface area contributed by atoms with Crippen molar-refractivity contribution in [3.63, 3.8) is 0 Å². The van der Waals surface area contributed by atoms with E-state index in [9.17, 15) is 27.2 Å². The molecule has 0 unspecified atom stereocenters. The minimum absolute atomic E-state index is 0.0458. The van der Waals surface area contributed by atoms with Crippen LogP contribution in [0.1, 0.15) is 32.7 Å². The van der Waals surface area contributed by atoms with Crippen LogP contribution in [0.2, 0.25) is 10.0 Å². The number of hydrogen-bond acceptors (Lipinski definition) is 2. The van der Waals surface area contributed by atoms with E-state index in [1.807, 2.05) is 0 Å².